The topological polar surface area (TPSA) is 86.9 Å². The highest BCUT2D eigenvalue weighted by atomic mass is 16.2. The third kappa shape index (κ3) is 2.62. The molecule has 2 aromatic carbocycles. The van der Waals surface area contributed by atoms with Crippen LogP contribution < -0.4 is 10.6 Å². The zero-order valence-electron chi connectivity index (χ0n) is 15.2. The third-order valence-electron chi connectivity index (χ3n) is 5.25. The van der Waals surface area contributed by atoms with E-state index in [0.717, 1.165) is 33.1 Å². The van der Waals surface area contributed by atoms with Crippen LogP contribution in [0, 0.1) is 0 Å². The highest BCUT2D eigenvalue weighted by Gasteiger charge is 2.27. The Morgan fingerprint density at radius 3 is 2.96 bits per heavy atom. The van der Waals surface area contributed by atoms with Crippen molar-refractivity contribution < 1.29 is 9.59 Å². The molecule has 0 spiro atoms. The average Bonchev–Trinajstić information content (AvgIpc) is 3.11. The molecule has 0 radical (unpaired) electrons. The number of carbonyl (C=O) groups excluding carboxylic acids is 2. The van der Waals surface area contributed by atoms with Gasteiger partial charge < -0.3 is 15.6 Å². The fourth-order valence-corrected chi connectivity index (χ4v) is 3.84. The van der Waals surface area contributed by atoms with Gasteiger partial charge in [-0.25, -0.2) is 0 Å². The first-order chi connectivity index (χ1) is 13.6. The number of aromatic amines is 1. The summed E-state index contributed by atoms with van der Waals surface area (Å²) < 4.78 is 0. The first-order valence-corrected chi connectivity index (χ1v) is 9.20. The largest absolute Gasteiger partial charge is 0.350 e. The van der Waals surface area contributed by atoms with Crippen molar-refractivity contribution in [3.8, 4) is 0 Å². The van der Waals surface area contributed by atoms with Crippen molar-refractivity contribution in [2.45, 2.75) is 12.8 Å². The predicted molar refractivity (Wildman–Crippen MR) is 109 cm³/mol. The van der Waals surface area contributed by atoms with E-state index in [1.807, 2.05) is 42.5 Å². The Morgan fingerprint density at radius 1 is 1.18 bits per heavy atom. The van der Waals surface area contributed by atoms with Crippen LogP contribution in [-0.2, 0) is 0 Å². The summed E-state index contributed by atoms with van der Waals surface area (Å²) in [6.07, 6.45) is 1.74. The van der Waals surface area contributed by atoms with E-state index in [1.165, 1.54) is 0 Å². The third-order valence-corrected chi connectivity index (χ3v) is 5.25. The second-order valence-electron chi connectivity index (χ2n) is 7.15. The Kier molecular flexibility index (Phi) is 3.65. The number of aromatic nitrogens is 2. The quantitative estimate of drug-likeness (QED) is 0.501. The van der Waals surface area contributed by atoms with Gasteiger partial charge in [0.2, 0.25) is 0 Å². The molecule has 0 aliphatic carbocycles. The average molecular weight is 370 g/mol. The van der Waals surface area contributed by atoms with Crippen LogP contribution >= 0.6 is 0 Å². The molecule has 3 N–H and O–H groups in total. The molecule has 1 aliphatic rings. The van der Waals surface area contributed by atoms with Gasteiger partial charge in [0.1, 0.15) is 5.69 Å². The molecule has 0 saturated carbocycles. The number of H-pyrrole nitrogens is 1. The lowest BCUT2D eigenvalue weighted by Crippen LogP contribution is -2.33. The number of rotatable bonds is 2. The monoisotopic (exact) mass is 370 g/mol. The molecule has 6 nitrogen and oxygen atoms in total. The first-order valence-electron chi connectivity index (χ1n) is 9.20. The number of hydrogen-bond donors (Lipinski definition) is 3. The molecule has 4 aromatic rings. The van der Waals surface area contributed by atoms with Gasteiger partial charge in [-0.1, -0.05) is 13.0 Å². The van der Waals surface area contributed by atoms with Crippen LogP contribution in [0.4, 0.5) is 5.69 Å². The van der Waals surface area contributed by atoms with E-state index in [4.69, 9.17) is 0 Å². The number of amides is 2. The summed E-state index contributed by atoms with van der Waals surface area (Å²) in [5.41, 5.74) is 4.59. The van der Waals surface area contributed by atoms with Gasteiger partial charge in [0, 0.05) is 46.2 Å². The van der Waals surface area contributed by atoms with Crippen LogP contribution in [0.2, 0.25) is 0 Å². The van der Waals surface area contributed by atoms with Crippen molar-refractivity contribution >= 4 is 39.3 Å². The lowest BCUT2D eigenvalue weighted by atomic mass is 9.93. The Balaban J connectivity index is 1.50. The summed E-state index contributed by atoms with van der Waals surface area (Å²) in [4.78, 5) is 32.4. The van der Waals surface area contributed by atoms with Gasteiger partial charge in [-0.3, -0.25) is 14.6 Å². The summed E-state index contributed by atoms with van der Waals surface area (Å²) in [6.45, 7) is 2.67. The van der Waals surface area contributed by atoms with E-state index in [9.17, 15) is 9.59 Å². The summed E-state index contributed by atoms with van der Waals surface area (Å²) in [7, 11) is 0. The number of pyridine rings is 1. The van der Waals surface area contributed by atoms with Crippen molar-refractivity contribution in [1.82, 2.24) is 15.3 Å². The molecule has 1 atom stereocenters. The van der Waals surface area contributed by atoms with Crippen molar-refractivity contribution in [3.05, 3.63) is 71.5 Å². The first kappa shape index (κ1) is 16.5. The summed E-state index contributed by atoms with van der Waals surface area (Å²) in [5, 5.41) is 7.72. The predicted octanol–water partition coefficient (Wildman–Crippen LogP) is 3.82. The van der Waals surface area contributed by atoms with Crippen LogP contribution in [0.1, 0.15) is 39.3 Å². The highest BCUT2D eigenvalue weighted by molar-refractivity contribution is 6.09. The number of fused-ring (bicyclic) bond motifs is 4. The maximum Gasteiger partial charge on any atom is 0.268 e. The minimum Gasteiger partial charge on any atom is -0.350 e. The summed E-state index contributed by atoms with van der Waals surface area (Å²) in [6, 6.07) is 14.9. The minimum atomic E-state index is -0.187. The second kappa shape index (κ2) is 6.20. The highest BCUT2D eigenvalue weighted by Crippen LogP contribution is 2.32. The minimum absolute atomic E-state index is 0.0972. The van der Waals surface area contributed by atoms with Gasteiger partial charge in [-0.05, 0) is 48.0 Å². The molecule has 2 amide bonds. The number of nitrogens with zero attached hydrogens (tertiary/aromatic N) is 1. The molecule has 28 heavy (non-hydrogen) atoms. The van der Waals surface area contributed by atoms with E-state index in [1.54, 1.807) is 12.3 Å². The van der Waals surface area contributed by atoms with Crippen LogP contribution in [0.3, 0.4) is 0 Å². The van der Waals surface area contributed by atoms with Gasteiger partial charge >= 0.3 is 0 Å². The van der Waals surface area contributed by atoms with E-state index in [2.05, 4.69) is 27.5 Å². The lowest BCUT2D eigenvalue weighted by molar-refractivity contribution is 0.0936. The fraction of sp³-hybridized carbons (Fsp3) is 0.136. The molecule has 3 heterocycles. The fourth-order valence-electron chi connectivity index (χ4n) is 3.84. The number of nitrogens with one attached hydrogen (secondary N) is 3. The summed E-state index contributed by atoms with van der Waals surface area (Å²) >= 11 is 0. The number of carbonyl (C=O) groups is 2. The van der Waals surface area contributed by atoms with E-state index in [0.29, 0.717) is 17.8 Å². The van der Waals surface area contributed by atoms with E-state index in [-0.39, 0.29) is 17.7 Å². The zero-order chi connectivity index (χ0) is 19.3. The Morgan fingerprint density at radius 2 is 2.07 bits per heavy atom. The van der Waals surface area contributed by atoms with Crippen molar-refractivity contribution in [2.24, 2.45) is 0 Å². The molecule has 0 bridgehead atoms. The molecular formula is C22H18N4O2. The molecule has 0 fully saturated rings. The molecule has 1 unspecified atom stereocenters. The summed E-state index contributed by atoms with van der Waals surface area (Å²) in [5.74, 6) is -0.0965. The Bertz CT molecular complexity index is 1260. The number of hydrogen-bond acceptors (Lipinski definition) is 3. The van der Waals surface area contributed by atoms with Crippen molar-refractivity contribution in [3.63, 3.8) is 0 Å². The zero-order valence-corrected chi connectivity index (χ0v) is 15.2. The van der Waals surface area contributed by atoms with Crippen molar-refractivity contribution in [2.75, 3.05) is 11.9 Å². The second-order valence-corrected chi connectivity index (χ2v) is 7.15. The van der Waals surface area contributed by atoms with Gasteiger partial charge in [0.15, 0.2) is 0 Å². The number of anilines is 1. The Hall–Kier alpha value is -3.67. The van der Waals surface area contributed by atoms with Crippen LogP contribution in [0.5, 0.6) is 0 Å². The smallest absolute Gasteiger partial charge is 0.268 e. The van der Waals surface area contributed by atoms with Gasteiger partial charge in [0.05, 0.1) is 5.52 Å². The molecule has 0 saturated heterocycles. The van der Waals surface area contributed by atoms with Crippen LogP contribution in [0.25, 0.3) is 21.8 Å². The van der Waals surface area contributed by atoms with Gasteiger partial charge in [0.25, 0.3) is 11.8 Å². The maximum absolute atomic E-state index is 12.8. The van der Waals surface area contributed by atoms with Gasteiger partial charge in [-0.15, -0.1) is 0 Å². The van der Waals surface area contributed by atoms with Crippen LogP contribution in [0.15, 0.2) is 54.7 Å². The van der Waals surface area contributed by atoms with Crippen LogP contribution in [-0.4, -0.2) is 28.3 Å². The molecule has 138 valence electrons. The maximum atomic E-state index is 12.8. The lowest BCUT2D eigenvalue weighted by Gasteiger charge is -2.19. The van der Waals surface area contributed by atoms with E-state index < -0.39 is 0 Å². The van der Waals surface area contributed by atoms with E-state index >= 15 is 0 Å². The standard InChI is InChI=1S/C22H18N4O2/c1-12-11-24-22(28)20-19(12)16-10-14(4-6-18(16)26-20)21(27)25-15-5-7-17-13(9-15)3-2-8-23-17/h2-10,12,26H,11H2,1H3,(H,24,28)(H,25,27). The SMILES string of the molecule is CC1CNC(=O)c2[nH]c3ccc(C(=O)Nc4ccc5ncccc5c4)cc3c21. The van der Waals surface area contributed by atoms with Gasteiger partial charge in [-0.2, -0.15) is 0 Å². The molecule has 6 heteroatoms. The molecular weight excluding hydrogens is 352 g/mol. The normalized spacial score (nSPS) is 16.0. The molecule has 5 rings (SSSR count). The molecule has 1 aliphatic heterocycles. The molecule has 2 aromatic heterocycles. The number of benzene rings is 2. The Labute approximate surface area is 161 Å². The van der Waals surface area contributed by atoms with Crippen molar-refractivity contribution in [1.29, 1.82) is 0 Å².